The zero-order chi connectivity index (χ0) is 28.0. The molecule has 0 bridgehead atoms. The third-order valence-electron chi connectivity index (χ3n) is 7.60. The molecule has 2 aliphatic rings. The Morgan fingerprint density at radius 1 is 1.10 bits per heavy atom. The second kappa shape index (κ2) is 16.9. The van der Waals surface area contributed by atoms with Crippen molar-refractivity contribution in [2.75, 3.05) is 26.8 Å². The SMILES string of the molecule is C1CC2CCOC2C1.CCC(C)CN(CC(O)C(Cc1ccccc1)NC(=O)OC)Sc1ccc(CO)cc1. The molecule has 2 aromatic rings. The highest BCUT2D eigenvalue weighted by Gasteiger charge is 2.32. The lowest BCUT2D eigenvalue weighted by atomic mass is 10.0. The predicted molar refractivity (Wildman–Crippen MR) is 156 cm³/mol. The van der Waals surface area contributed by atoms with E-state index in [0.29, 0.717) is 25.0 Å². The molecular formula is C31H46N2O5S. The minimum Gasteiger partial charge on any atom is -0.453 e. The molecule has 5 unspecified atom stereocenters. The van der Waals surface area contributed by atoms with Crippen molar-refractivity contribution in [1.82, 2.24) is 9.62 Å². The summed E-state index contributed by atoms with van der Waals surface area (Å²) in [5.74, 6) is 1.41. The molecule has 2 fully saturated rings. The van der Waals surface area contributed by atoms with Crippen molar-refractivity contribution in [2.45, 2.75) is 82.1 Å². The Balaban J connectivity index is 0.000000440. The third-order valence-corrected chi connectivity index (χ3v) is 8.64. The number of carbonyl (C=O) groups is 1. The van der Waals surface area contributed by atoms with Gasteiger partial charge in [-0.15, -0.1) is 0 Å². The van der Waals surface area contributed by atoms with Crippen LogP contribution in [0.5, 0.6) is 0 Å². The molecule has 1 aliphatic carbocycles. The summed E-state index contributed by atoms with van der Waals surface area (Å²) in [6.45, 7) is 6.57. The Morgan fingerprint density at radius 2 is 1.85 bits per heavy atom. The number of ether oxygens (including phenoxy) is 2. The number of nitrogens with zero attached hydrogens (tertiary/aromatic N) is 1. The molecule has 0 aromatic heterocycles. The number of hydrogen-bond donors (Lipinski definition) is 3. The van der Waals surface area contributed by atoms with Gasteiger partial charge in [0.1, 0.15) is 0 Å². The molecule has 1 aliphatic heterocycles. The van der Waals surface area contributed by atoms with Gasteiger partial charge in [-0.2, -0.15) is 0 Å². The quantitative estimate of drug-likeness (QED) is 0.299. The summed E-state index contributed by atoms with van der Waals surface area (Å²) in [4.78, 5) is 12.9. The summed E-state index contributed by atoms with van der Waals surface area (Å²) in [7, 11) is 1.32. The molecule has 4 rings (SSSR count). The number of nitrogens with one attached hydrogen (secondary N) is 1. The molecule has 7 nitrogen and oxygen atoms in total. The number of amides is 1. The van der Waals surface area contributed by atoms with Gasteiger partial charge in [0.25, 0.3) is 0 Å². The van der Waals surface area contributed by atoms with Crippen molar-refractivity contribution in [3.05, 3.63) is 65.7 Å². The van der Waals surface area contributed by atoms with Crippen LogP contribution in [0.2, 0.25) is 0 Å². The van der Waals surface area contributed by atoms with E-state index in [-0.39, 0.29) is 6.61 Å². The highest BCUT2D eigenvalue weighted by atomic mass is 32.2. The largest absolute Gasteiger partial charge is 0.453 e. The van der Waals surface area contributed by atoms with Crippen LogP contribution in [0.3, 0.4) is 0 Å². The highest BCUT2D eigenvalue weighted by Crippen LogP contribution is 2.35. The molecule has 1 saturated heterocycles. The molecule has 216 valence electrons. The van der Waals surface area contributed by atoms with Crippen LogP contribution in [0.4, 0.5) is 4.79 Å². The van der Waals surface area contributed by atoms with E-state index >= 15 is 0 Å². The Hall–Kier alpha value is -2.10. The first-order valence-corrected chi connectivity index (χ1v) is 15.0. The van der Waals surface area contributed by atoms with Crippen molar-refractivity contribution in [3.8, 4) is 0 Å². The van der Waals surface area contributed by atoms with Crippen molar-refractivity contribution in [1.29, 1.82) is 0 Å². The number of benzene rings is 2. The zero-order valence-electron chi connectivity index (χ0n) is 23.6. The first kappa shape index (κ1) is 31.4. The maximum absolute atomic E-state index is 11.9. The summed E-state index contributed by atoms with van der Waals surface area (Å²) in [6, 6.07) is 17.0. The number of aliphatic hydroxyl groups is 2. The number of aliphatic hydroxyl groups excluding tert-OH is 2. The van der Waals surface area contributed by atoms with Crippen LogP contribution in [0.25, 0.3) is 0 Å². The molecular weight excluding hydrogens is 512 g/mol. The van der Waals surface area contributed by atoms with Gasteiger partial charge in [-0.3, -0.25) is 0 Å². The standard InChI is InChI=1S/C24H34N2O4S.C7H12O/c1-4-18(2)15-26(31-21-12-10-20(17-27)11-13-21)16-23(28)22(25-24(29)30-3)14-19-8-6-5-7-9-19;1-2-6-4-5-8-7(6)3-1/h5-13,18,22-23,27-28H,4,14-17H2,1-3H3,(H,25,29);6-7H,1-5H2. The smallest absolute Gasteiger partial charge is 0.407 e. The van der Waals surface area contributed by atoms with E-state index in [0.717, 1.165) is 41.5 Å². The summed E-state index contributed by atoms with van der Waals surface area (Å²) in [5.41, 5.74) is 1.90. The fourth-order valence-corrected chi connectivity index (χ4v) is 6.16. The van der Waals surface area contributed by atoms with E-state index in [9.17, 15) is 15.0 Å². The third kappa shape index (κ3) is 10.8. The zero-order valence-corrected chi connectivity index (χ0v) is 24.4. The predicted octanol–water partition coefficient (Wildman–Crippen LogP) is 5.44. The van der Waals surface area contributed by atoms with Crippen LogP contribution in [-0.2, 0) is 22.5 Å². The Morgan fingerprint density at radius 3 is 2.49 bits per heavy atom. The van der Waals surface area contributed by atoms with Crippen LogP contribution < -0.4 is 5.32 Å². The van der Waals surface area contributed by atoms with Crippen LogP contribution >= 0.6 is 11.9 Å². The van der Waals surface area contributed by atoms with Crippen LogP contribution in [0, 0.1) is 11.8 Å². The van der Waals surface area contributed by atoms with Gasteiger partial charge in [0.05, 0.1) is 32.0 Å². The molecule has 5 atom stereocenters. The molecule has 0 spiro atoms. The Bertz CT molecular complexity index is 941. The van der Waals surface area contributed by atoms with Gasteiger partial charge in [0.15, 0.2) is 0 Å². The first-order valence-electron chi connectivity index (χ1n) is 14.2. The summed E-state index contributed by atoms with van der Waals surface area (Å²) in [5, 5.41) is 23.1. The topological polar surface area (TPSA) is 91.3 Å². The number of fused-ring (bicyclic) bond motifs is 1. The van der Waals surface area contributed by atoms with E-state index in [2.05, 4.69) is 23.5 Å². The second-order valence-corrected chi connectivity index (χ2v) is 11.8. The van der Waals surface area contributed by atoms with Crippen molar-refractivity contribution in [2.24, 2.45) is 11.8 Å². The molecule has 39 heavy (non-hydrogen) atoms. The summed E-state index contributed by atoms with van der Waals surface area (Å²) >= 11 is 1.58. The fraction of sp³-hybridized carbons (Fsp3) is 0.581. The van der Waals surface area contributed by atoms with Crippen LogP contribution in [-0.4, -0.2) is 65.7 Å². The van der Waals surface area contributed by atoms with Gasteiger partial charge >= 0.3 is 6.09 Å². The van der Waals surface area contributed by atoms with Crippen molar-refractivity contribution in [3.63, 3.8) is 0 Å². The van der Waals surface area contributed by atoms with E-state index in [4.69, 9.17) is 9.47 Å². The van der Waals surface area contributed by atoms with E-state index < -0.39 is 18.2 Å². The van der Waals surface area contributed by atoms with Gasteiger partial charge in [0, 0.05) is 24.6 Å². The van der Waals surface area contributed by atoms with Gasteiger partial charge < -0.3 is 25.0 Å². The lowest BCUT2D eigenvalue weighted by Gasteiger charge is -2.30. The molecule has 1 amide bonds. The Kier molecular flexibility index (Phi) is 13.6. The number of carbonyl (C=O) groups excluding carboxylic acids is 1. The summed E-state index contributed by atoms with van der Waals surface area (Å²) in [6.07, 6.45) is 6.40. The number of hydrogen-bond acceptors (Lipinski definition) is 7. The minimum absolute atomic E-state index is 0.0145. The van der Waals surface area contributed by atoms with Gasteiger partial charge in [-0.1, -0.05) is 69.2 Å². The molecule has 2 aromatic carbocycles. The molecule has 1 saturated carbocycles. The number of alkyl carbamates (subject to hydrolysis) is 1. The monoisotopic (exact) mass is 558 g/mol. The average Bonchev–Trinajstić information content (AvgIpc) is 3.60. The second-order valence-electron chi connectivity index (χ2n) is 10.6. The van der Waals surface area contributed by atoms with Gasteiger partial charge in [-0.25, -0.2) is 9.10 Å². The van der Waals surface area contributed by atoms with Crippen LogP contribution in [0.1, 0.15) is 57.1 Å². The summed E-state index contributed by atoms with van der Waals surface area (Å²) < 4.78 is 12.4. The molecule has 8 heteroatoms. The highest BCUT2D eigenvalue weighted by molar-refractivity contribution is 7.97. The number of rotatable bonds is 12. The van der Waals surface area contributed by atoms with Crippen LogP contribution in [0.15, 0.2) is 59.5 Å². The van der Waals surface area contributed by atoms with E-state index in [1.54, 1.807) is 11.9 Å². The maximum atomic E-state index is 11.9. The first-order chi connectivity index (χ1) is 18.9. The fourth-order valence-electron chi connectivity index (χ4n) is 5.05. The Labute approximate surface area is 238 Å². The van der Waals surface area contributed by atoms with Crippen molar-refractivity contribution >= 4 is 18.0 Å². The van der Waals surface area contributed by atoms with Gasteiger partial charge in [-0.05, 0) is 72.7 Å². The van der Waals surface area contributed by atoms with E-state index in [1.807, 2.05) is 54.6 Å². The average molecular weight is 559 g/mol. The minimum atomic E-state index is -0.785. The lowest BCUT2D eigenvalue weighted by Crippen LogP contribution is -2.49. The molecule has 1 heterocycles. The molecule has 3 N–H and O–H groups in total. The van der Waals surface area contributed by atoms with E-state index in [1.165, 1.54) is 32.8 Å². The van der Waals surface area contributed by atoms with Gasteiger partial charge in [0.2, 0.25) is 0 Å². The normalized spacial score (nSPS) is 20.5. The lowest BCUT2D eigenvalue weighted by molar-refractivity contribution is 0.0963. The number of methoxy groups -OCH3 is 1. The maximum Gasteiger partial charge on any atom is 0.407 e. The molecule has 0 radical (unpaired) electrons. The van der Waals surface area contributed by atoms with Crippen molar-refractivity contribution < 1.29 is 24.5 Å².